The molecule has 0 aliphatic carbocycles. The molecule has 0 spiro atoms. The summed E-state index contributed by atoms with van der Waals surface area (Å²) in [5.41, 5.74) is 2.33. The van der Waals surface area contributed by atoms with Crippen LogP contribution >= 0.6 is 23.5 Å². The Morgan fingerprint density at radius 1 is 0.733 bits per heavy atom. The maximum Gasteiger partial charge on any atom is 0.160 e. The van der Waals surface area contributed by atoms with Gasteiger partial charge in [0.2, 0.25) is 0 Å². The van der Waals surface area contributed by atoms with Crippen LogP contribution in [0.3, 0.4) is 0 Å². The normalized spacial score (nSPS) is 23.1. The fraction of sp³-hybridized carbons (Fsp3) is 0.500. The Balaban J connectivity index is 1.28. The van der Waals surface area contributed by atoms with E-state index in [9.17, 15) is 0 Å². The van der Waals surface area contributed by atoms with E-state index < -0.39 is 0 Å². The number of hydrogen-bond donors (Lipinski definition) is 0. The van der Waals surface area contributed by atoms with Crippen molar-refractivity contribution in [1.82, 2.24) is 0 Å². The maximum atomic E-state index is 6.26. The third-order valence-corrected chi connectivity index (χ3v) is 8.13. The first-order valence-electron chi connectivity index (χ1n) is 10.6. The molecule has 2 saturated heterocycles. The lowest BCUT2D eigenvalue weighted by Gasteiger charge is -2.23. The highest BCUT2D eigenvalue weighted by Gasteiger charge is 2.38. The zero-order valence-electron chi connectivity index (χ0n) is 17.2. The molecule has 2 aromatic rings. The van der Waals surface area contributed by atoms with E-state index in [2.05, 4.69) is 24.3 Å². The smallest absolute Gasteiger partial charge is 0.160 e. The second-order valence-corrected chi connectivity index (χ2v) is 10.5. The van der Waals surface area contributed by atoms with Crippen LogP contribution in [0.2, 0.25) is 0 Å². The molecule has 0 amide bonds. The van der Waals surface area contributed by atoms with Crippen LogP contribution in [-0.2, 0) is 32.2 Å². The van der Waals surface area contributed by atoms with Gasteiger partial charge in [-0.25, -0.2) is 0 Å². The minimum Gasteiger partial charge on any atom is -0.374 e. The second kappa shape index (κ2) is 12.1. The van der Waals surface area contributed by atoms with E-state index in [0.29, 0.717) is 31.0 Å². The third kappa shape index (κ3) is 7.01. The molecule has 0 bridgehead atoms. The average Bonchev–Trinajstić information content (AvgIpc) is 3.17. The fourth-order valence-corrected chi connectivity index (χ4v) is 6.44. The predicted molar refractivity (Wildman–Crippen MR) is 124 cm³/mol. The highest BCUT2D eigenvalue weighted by molar-refractivity contribution is 8.17. The van der Waals surface area contributed by atoms with Crippen molar-refractivity contribution in [3.63, 3.8) is 0 Å². The molecule has 0 N–H and O–H groups in total. The van der Waals surface area contributed by atoms with Crippen molar-refractivity contribution in [3.8, 4) is 0 Å². The van der Waals surface area contributed by atoms with Gasteiger partial charge in [-0.05, 0) is 29.1 Å². The summed E-state index contributed by atoms with van der Waals surface area (Å²) in [7, 11) is 0. The van der Waals surface area contributed by atoms with Crippen LogP contribution in [0, 0.1) is 0 Å². The minimum atomic E-state index is -0.177. The zero-order chi connectivity index (χ0) is 20.4. The van der Waals surface area contributed by atoms with Crippen molar-refractivity contribution in [1.29, 1.82) is 0 Å². The van der Waals surface area contributed by atoms with E-state index in [1.807, 2.05) is 59.9 Å². The van der Waals surface area contributed by atoms with Gasteiger partial charge in [-0.3, -0.25) is 0 Å². The summed E-state index contributed by atoms with van der Waals surface area (Å²) in [6.07, 6.45) is 1.83. The van der Waals surface area contributed by atoms with Crippen molar-refractivity contribution < 1.29 is 18.9 Å². The number of hydrogen-bond acceptors (Lipinski definition) is 6. The van der Waals surface area contributed by atoms with Gasteiger partial charge in [-0.2, -0.15) is 0 Å². The van der Waals surface area contributed by atoms with Crippen LogP contribution in [-0.4, -0.2) is 47.8 Å². The summed E-state index contributed by atoms with van der Waals surface area (Å²) in [6, 6.07) is 20.5. The Morgan fingerprint density at radius 2 is 1.23 bits per heavy atom. The summed E-state index contributed by atoms with van der Waals surface area (Å²) < 4.78 is 25.0. The van der Waals surface area contributed by atoms with Gasteiger partial charge < -0.3 is 18.9 Å². The predicted octanol–water partition coefficient (Wildman–Crippen LogP) is 5.12. The molecule has 0 aromatic heterocycles. The summed E-state index contributed by atoms with van der Waals surface area (Å²) >= 11 is 4.05. The topological polar surface area (TPSA) is 36.9 Å². The van der Waals surface area contributed by atoms with Crippen molar-refractivity contribution in [2.24, 2.45) is 0 Å². The molecule has 2 heterocycles. The highest BCUT2D eigenvalue weighted by atomic mass is 32.2. The Bertz CT molecular complexity index is 671. The first-order chi connectivity index (χ1) is 14.9. The van der Waals surface area contributed by atoms with Gasteiger partial charge in [0, 0.05) is 6.42 Å². The van der Waals surface area contributed by atoms with Crippen LogP contribution in [0.5, 0.6) is 0 Å². The molecular weight excluding hydrogens is 416 g/mol. The lowest BCUT2D eigenvalue weighted by atomic mass is 10.2. The van der Waals surface area contributed by atoms with E-state index in [1.165, 1.54) is 29.1 Å². The Labute approximate surface area is 188 Å². The molecule has 0 unspecified atom stereocenters. The lowest BCUT2D eigenvalue weighted by Crippen LogP contribution is -2.31. The van der Waals surface area contributed by atoms with Gasteiger partial charge in [-0.15, -0.1) is 23.5 Å². The van der Waals surface area contributed by atoms with Crippen LogP contribution < -0.4 is 0 Å². The largest absolute Gasteiger partial charge is 0.374 e. The molecule has 2 atom stereocenters. The molecule has 0 saturated carbocycles. The first-order valence-corrected chi connectivity index (χ1v) is 12.7. The maximum absolute atomic E-state index is 6.26. The second-order valence-electron chi connectivity index (χ2n) is 7.54. The van der Waals surface area contributed by atoms with E-state index in [1.54, 1.807) is 0 Å². The number of benzene rings is 2. The molecule has 2 aliphatic heterocycles. The summed E-state index contributed by atoms with van der Waals surface area (Å²) in [6.45, 7) is 2.18. The molecule has 2 fully saturated rings. The fourth-order valence-electron chi connectivity index (χ4n) is 3.57. The minimum absolute atomic E-state index is 0.104. The van der Waals surface area contributed by atoms with E-state index in [4.69, 9.17) is 18.9 Å². The van der Waals surface area contributed by atoms with Crippen molar-refractivity contribution in [2.75, 3.05) is 24.7 Å². The molecule has 0 radical (unpaired) electrons. The molecule has 6 heteroatoms. The van der Waals surface area contributed by atoms with Crippen LogP contribution in [0.15, 0.2) is 60.7 Å². The zero-order valence-corrected chi connectivity index (χ0v) is 18.8. The van der Waals surface area contributed by atoms with Gasteiger partial charge in [-0.1, -0.05) is 60.7 Å². The summed E-state index contributed by atoms with van der Waals surface area (Å²) in [5.74, 6) is 2.47. The number of ether oxygens (including phenoxy) is 4. The van der Waals surface area contributed by atoms with E-state index >= 15 is 0 Å². The van der Waals surface area contributed by atoms with Gasteiger partial charge in [0.25, 0.3) is 0 Å². The summed E-state index contributed by atoms with van der Waals surface area (Å²) in [5, 5.41) is 0. The van der Waals surface area contributed by atoms with Gasteiger partial charge in [0.1, 0.15) is 12.2 Å². The van der Waals surface area contributed by atoms with Crippen LogP contribution in [0.1, 0.15) is 24.0 Å². The molecular formula is C24H30O4S2. The monoisotopic (exact) mass is 446 g/mol. The third-order valence-electron chi connectivity index (χ3n) is 5.14. The van der Waals surface area contributed by atoms with Crippen molar-refractivity contribution >= 4 is 23.5 Å². The van der Waals surface area contributed by atoms with Gasteiger partial charge in [0.05, 0.1) is 31.0 Å². The average molecular weight is 447 g/mol. The Hall–Kier alpha value is -1.02. The number of thioether (sulfide) groups is 2. The number of rotatable bonds is 10. The molecule has 4 rings (SSSR count). The Kier molecular flexibility index (Phi) is 8.97. The van der Waals surface area contributed by atoms with Gasteiger partial charge >= 0.3 is 0 Å². The van der Waals surface area contributed by atoms with Gasteiger partial charge in [0.15, 0.2) is 6.29 Å². The quantitative estimate of drug-likeness (QED) is 0.504. The lowest BCUT2D eigenvalue weighted by molar-refractivity contribution is -0.0821. The molecule has 2 aromatic carbocycles. The first kappa shape index (κ1) is 22.2. The molecule has 30 heavy (non-hydrogen) atoms. The highest BCUT2D eigenvalue weighted by Crippen LogP contribution is 2.36. The van der Waals surface area contributed by atoms with Crippen molar-refractivity contribution in [3.05, 3.63) is 71.8 Å². The summed E-state index contributed by atoms with van der Waals surface area (Å²) in [4.78, 5) is 0. The SMILES string of the molecule is c1ccc(COC[C@@H]2OC(CC3SCCCS3)O[C@H]2COCc2ccccc2)cc1. The van der Waals surface area contributed by atoms with E-state index in [0.717, 1.165) is 6.42 Å². The molecule has 162 valence electrons. The van der Waals surface area contributed by atoms with Crippen LogP contribution in [0.4, 0.5) is 0 Å². The van der Waals surface area contributed by atoms with Crippen LogP contribution in [0.25, 0.3) is 0 Å². The molecule has 4 nitrogen and oxygen atoms in total. The molecule has 2 aliphatic rings. The standard InChI is InChI=1S/C24H30O4S2/c1-3-8-19(9-4-1)15-25-17-21-22(18-26-16-20-10-5-2-6-11-20)28-23(27-21)14-24-29-12-7-13-30-24/h1-6,8-11,21-24H,7,12-18H2/t21-,22-/m0/s1. The van der Waals surface area contributed by atoms with Crippen molar-refractivity contribution in [2.45, 2.75) is 49.1 Å². The Morgan fingerprint density at radius 3 is 1.73 bits per heavy atom. The van der Waals surface area contributed by atoms with E-state index in [-0.39, 0.29) is 18.5 Å².